The molecule has 6 heterocycles. The van der Waals surface area contributed by atoms with Crippen LogP contribution in [0.3, 0.4) is 0 Å². The molecule has 2 aromatic carbocycles. The van der Waals surface area contributed by atoms with Gasteiger partial charge in [0, 0.05) is 79.5 Å². The van der Waals surface area contributed by atoms with Crippen LogP contribution in [0.2, 0.25) is 0 Å². The summed E-state index contributed by atoms with van der Waals surface area (Å²) in [6, 6.07) is 11.1. The van der Waals surface area contributed by atoms with Gasteiger partial charge in [0.2, 0.25) is 0 Å². The Labute approximate surface area is 296 Å². The SMILES string of the molecule is C#Cc1cccc2cccc(-c3ncc4c(N5CCCN(C(=O)/C(F)=C/c6nccs6)CC5)nc(OC[C@@]56CCCN5CC(F)C6)nc4c3F)c12. The van der Waals surface area contributed by atoms with Crippen LogP contribution in [0.15, 0.2) is 60.0 Å². The Balaban J connectivity index is 1.17. The number of carbonyl (C=O) groups excluding carboxylic acids is 1. The van der Waals surface area contributed by atoms with Gasteiger partial charge in [-0.2, -0.15) is 9.97 Å². The zero-order valence-electron chi connectivity index (χ0n) is 27.7. The monoisotopic (exact) mass is 709 g/mol. The van der Waals surface area contributed by atoms with Crippen molar-refractivity contribution in [2.24, 2.45) is 0 Å². The van der Waals surface area contributed by atoms with E-state index in [2.05, 4.69) is 25.8 Å². The molecule has 2 atom stereocenters. The van der Waals surface area contributed by atoms with Crippen molar-refractivity contribution < 1.29 is 22.7 Å². The first kappa shape index (κ1) is 33.1. The largest absolute Gasteiger partial charge is 0.461 e. The lowest BCUT2D eigenvalue weighted by molar-refractivity contribution is -0.128. The molecule has 0 radical (unpaired) electrons. The van der Waals surface area contributed by atoms with Crippen LogP contribution in [0.1, 0.15) is 36.3 Å². The molecular weight excluding hydrogens is 676 g/mol. The quantitative estimate of drug-likeness (QED) is 0.141. The molecule has 3 aliphatic rings. The lowest BCUT2D eigenvalue weighted by atomic mass is 9.95. The Morgan fingerprint density at radius 1 is 1.10 bits per heavy atom. The minimum absolute atomic E-state index is 0.0142. The van der Waals surface area contributed by atoms with Crippen molar-refractivity contribution in [3.63, 3.8) is 0 Å². The summed E-state index contributed by atoms with van der Waals surface area (Å²) in [5, 5.41) is 4.03. The molecule has 0 N–H and O–H groups in total. The third kappa shape index (κ3) is 6.16. The van der Waals surface area contributed by atoms with Crippen LogP contribution in [-0.2, 0) is 4.79 Å². The number of amides is 1. The molecule has 0 saturated carbocycles. The number of halogens is 3. The third-order valence-electron chi connectivity index (χ3n) is 10.2. The minimum atomic E-state index is -0.939. The highest BCUT2D eigenvalue weighted by Crippen LogP contribution is 2.41. The molecule has 3 aromatic heterocycles. The van der Waals surface area contributed by atoms with Crippen LogP contribution in [0.4, 0.5) is 19.0 Å². The van der Waals surface area contributed by atoms with Gasteiger partial charge in [0.15, 0.2) is 11.6 Å². The van der Waals surface area contributed by atoms with E-state index in [-0.39, 0.29) is 30.4 Å². The van der Waals surface area contributed by atoms with E-state index in [4.69, 9.17) is 16.1 Å². The molecule has 1 unspecified atom stereocenters. The normalized spacial score (nSPS) is 21.2. The van der Waals surface area contributed by atoms with E-state index in [0.29, 0.717) is 71.7 Å². The number of thiazole rings is 1. The molecule has 0 spiro atoms. The molecule has 13 heteroatoms. The first-order valence-corrected chi connectivity index (χ1v) is 17.9. The number of anilines is 1. The molecule has 9 nitrogen and oxygen atoms in total. The molecule has 3 saturated heterocycles. The molecule has 260 valence electrons. The fourth-order valence-electron chi connectivity index (χ4n) is 7.78. The molecule has 3 aliphatic heterocycles. The van der Waals surface area contributed by atoms with Gasteiger partial charge >= 0.3 is 6.01 Å². The van der Waals surface area contributed by atoms with Crippen LogP contribution in [0.5, 0.6) is 6.01 Å². The molecule has 1 amide bonds. The van der Waals surface area contributed by atoms with Crippen molar-refractivity contribution in [1.82, 2.24) is 29.7 Å². The van der Waals surface area contributed by atoms with Crippen molar-refractivity contribution in [1.29, 1.82) is 0 Å². The second kappa shape index (κ2) is 13.6. The van der Waals surface area contributed by atoms with Gasteiger partial charge < -0.3 is 14.5 Å². The van der Waals surface area contributed by atoms with Crippen molar-refractivity contribution in [2.45, 2.75) is 37.4 Å². The van der Waals surface area contributed by atoms with E-state index >= 15 is 4.39 Å². The average molecular weight is 710 g/mol. The van der Waals surface area contributed by atoms with E-state index in [9.17, 15) is 13.6 Å². The zero-order valence-corrected chi connectivity index (χ0v) is 28.5. The number of nitrogens with zero attached hydrogens (tertiary/aromatic N) is 7. The van der Waals surface area contributed by atoms with Gasteiger partial charge in [0.05, 0.1) is 10.9 Å². The number of hydrogen-bond acceptors (Lipinski definition) is 9. The summed E-state index contributed by atoms with van der Waals surface area (Å²) in [5.74, 6) is 0.832. The lowest BCUT2D eigenvalue weighted by Crippen LogP contribution is -2.43. The summed E-state index contributed by atoms with van der Waals surface area (Å²) in [6.45, 7) is 2.59. The smallest absolute Gasteiger partial charge is 0.319 e. The van der Waals surface area contributed by atoms with Gasteiger partial charge in [0.1, 0.15) is 34.8 Å². The number of pyridine rings is 1. The number of carbonyl (C=O) groups is 1. The van der Waals surface area contributed by atoms with Crippen LogP contribution >= 0.6 is 11.3 Å². The summed E-state index contributed by atoms with van der Waals surface area (Å²) in [7, 11) is 0. The number of aromatic nitrogens is 4. The standard InChI is InChI=1S/C38H34F3N7O2S/c1-2-24-7-3-8-25-9-4-10-27(31(24)25)33-32(41)34-28(21-43-33)35(45-37(44-34)50-23-38-11-5-15-48(38)22-26(39)20-38)46-13-6-14-47(17-16-46)36(49)29(40)19-30-42-12-18-51-30/h1,3-4,7-10,12,18-19,21,26H,5-6,11,13-17,20,22-23H2/b29-19-/t26?,38-/m0/s1. The first-order valence-electron chi connectivity index (χ1n) is 17.0. The third-order valence-corrected chi connectivity index (χ3v) is 10.9. The van der Waals surface area contributed by atoms with Crippen molar-refractivity contribution in [3.05, 3.63) is 76.4 Å². The highest BCUT2D eigenvalue weighted by molar-refractivity contribution is 7.10. The van der Waals surface area contributed by atoms with Crippen molar-refractivity contribution in [3.8, 4) is 29.6 Å². The van der Waals surface area contributed by atoms with Gasteiger partial charge in [-0.25, -0.2) is 18.2 Å². The zero-order chi connectivity index (χ0) is 35.1. The topological polar surface area (TPSA) is 87.6 Å². The predicted molar refractivity (Wildman–Crippen MR) is 191 cm³/mol. The molecule has 5 aromatic rings. The first-order chi connectivity index (χ1) is 24.8. The van der Waals surface area contributed by atoms with E-state index < -0.39 is 29.3 Å². The molecular formula is C38H34F3N7O2S. The predicted octanol–water partition coefficient (Wildman–Crippen LogP) is 6.43. The van der Waals surface area contributed by atoms with Crippen molar-refractivity contribution >= 4 is 50.8 Å². The Kier molecular flexibility index (Phi) is 8.81. The highest BCUT2D eigenvalue weighted by atomic mass is 32.1. The van der Waals surface area contributed by atoms with Gasteiger partial charge in [0.25, 0.3) is 5.91 Å². The van der Waals surface area contributed by atoms with Gasteiger partial charge in [-0.05, 0) is 37.3 Å². The second-order valence-corrected chi connectivity index (χ2v) is 14.2. The Morgan fingerprint density at radius 3 is 2.78 bits per heavy atom. The molecule has 0 aliphatic carbocycles. The Hall–Kier alpha value is -5.06. The second-order valence-electron chi connectivity index (χ2n) is 13.2. The molecule has 3 fully saturated rings. The van der Waals surface area contributed by atoms with Crippen LogP contribution in [0.25, 0.3) is 39.0 Å². The number of benzene rings is 2. The fourth-order valence-corrected chi connectivity index (χ4v) is 8.33. The van der Waals surface area contributed by atoms with E-state index in [0.717, 1.165) is 30.8 Å². The summed E-state index contributed by atoms with van der Waals surface area (Å²) >= 11 is 1.24. The van der Waals surface area contributed by atoms with Crippen LogP contribution in [0, 0.1) is 18.2 Å². The minimum Gasteiger partial charge on any atom is -0.461 e. The summed E-state index contributed by atoms with van der Waals surface area (Å²) in [6.07, 6.45) is 11.8. The maximum atomic E-state index is 16.9. The summed E-state index contributed by atoms with van der Waals surface area (Å²) in [4.78, 5) is 36.6. The maximum absolute atomic E-state index is 16.9. The Morgan fingerprint density at radius 2 is 1.96 bits per heavy atom. The van der Waals surface area contributed by atoms with E-state index in [1.54, 1.807) is 23.8 Å². The fraction of sp³-hybridized carbons (Fsp3) is 0.342. The Bertz CT molecular complexity index is 2200. The van der Waals surface area contributed by atoms with Crippen LogP contribution in [-0.4, -0.2) is 93.2 Å². The number of ether oxygens (including phenoxy) is 1. The maximum Gasteiger partial charge on any atom is 0.319 e. The van der Waals surface area contributed by atoms with Crippen molar-refractivity contribution in [2.75, 3.05) is 50.8 Å². The van der Waals surface area contributed by atoms with Gasteiger partial charge in [-0.15, -0.1) is 17.8 Å². The molecule has 51 heavy (non-hydrogen) atoms. The number of rotatable bonds is 7. The summed E-state index contributed by atoms with van der Waals surface area (Å²) < 4.78 is 52.7. The van der Waals surface area contributed by atoms with Gasteiger partial charge in [-0.3, -0.25) is 14.7 Å². The number of hydrogen-bond donors (Lipinski definition) is 0. The van der Waals surface area contributed by atoms with E-state index in [1.807, 2.05) is 35.2 Å². The number of terminal acetylenes is 1. The number of fused-ring (bicyclic) bond motifs is 3. The molecule has 8 rings (SSSR count). The molecule has 0 bridgehead atoms. The number of alkyl halides is 1. The summed E-state index contributed by atoms with van der Waals surface area (Å²) in [5.41, 5.74) is 0.772. The van der Waals surface area contributed by atoms with E-state index in [1.165, 1.54) is 16.2 Å². The highest BCUT2D eigenvalue weighted by Gasteiger charge is 2.49. The van der Waals surface area contributed by atoms with Gasteiger partial charge in [-0.1, -0.05) is 36.3 Å². The average Bonchev–Trinajstić information content (AvgIpc) is 3.81. The van der Waals surface area contributed by atoms with Crippen LogP contribution < -0.4 is 9.64 Å². The lowest BCUT2D eigenvalue weighted by Gasteiger charge is -2.31.